The number of alkyl halides is 2. The van der Waals surface area contributed by atoms with Crippen LogP contribution in [0.25, 0.3) is 0 Å². The number of halogens is 2. The third kappa shape index (κ3) is 6.06. The van der Waals surface area contributed by atoms with Crippen molar-refractivity contribution in [3.8, 4) is 0 Å². The van der Waals surface area contributed by atoms with Crippen molar-refractivity contribution in [2.75, 3.05) is 5.32 Å². The second kappa shape index (κ2) is 9.50. The van der Waals surface area contributed by atoms with E-state index in [0.29, 0.717) is 27.9 Å². The van der Waals surface area contributed by atoms with Gasteiger partial charge in [-0.2, -0.15) is 8.78 Å². The number of anilines is 1. The van der Waals surface area contributed by atoms with Crippen LogP contribution >= 0.6 is 11.8 Å². The molecular formula is C20H22F2N2O2S. The maximum absolute atomic E-state index is 12.6. The molecule has 0 heterocycles. The van der Waals surface area contributed by atoms with Gasteiger partial charge in [-0.05, 0) is 48.7 Å². The van der Waals surface area contributed by atoms with E-state index in [4.69, 9.17) is 0 Å². The minimum atomic E-state index is -2.49. The zero-order valence-electron chi connectivity index (χ0n) is 15.3. The molecule has 0 aliphatic heterocycles. The van der Waals surface area contributed by atoms with Crippen molar-refractivity contribution >= 4 is 29.3 Å². The first-order valence-electron chi connectivity index (χ1n) is 8.50. The Hall–Kier alpha value is -2.41. The summed E-state index contributed by atoms with van der Waals surface area (Å²) < 4.78 is 24.7. The Bertz CT molecular complexity index is 795. The van der Waals surface area contributed by atoms with E-state index in [0.717, 1.165) is 5.56 Å². The van der Waals surface area contributed by atoms with Gasteiger partial charge >= 0.3 is 0 Å². The van der Waals surface area contributed by atoms with Crippen LogP contribution in [0, 0.1) is 12.8 Å². The standard InChI is InChI=1S/C20H22F2N2O2S/c1-12(2)17(24-18(25)16-7-5-4-6-13(16)3)19(26)23-14-8-10-15(11-9-14)27-20(21)22/h4-12,17,20H,1-3H3,(H,23,26)(H,24,25). The number of hydrogen-bond donors (Lipinski definition) is 2. The fourth-order valence-electron chi connectivity index (χ4n) is 2.52. The lowest BCUT2D eigenvalue weighted by Gasteiger charge is -2.22. The van der Waals surface area contributed by atoms with Crippen molar-refractivity contribution in [3.63, 3.8) is 0 Å². The minimum absolute atomic E-state index is 0.133. The van der Waals surface area contributed by atoms with Gasteiger partial charge in [0, 0.05) is 16.1 Å². The lowest BCUT2D eigenvalue weighted by molar-refractivity contribution is -0.118. The van der Waals surface area contributed by atoms with E-state index >= 15 is 0 Å². The third-order valence-corrected chi connectivity index (χ3v) is 4.69. The number of hydrogen-bond acceptors (Lipinski definition) is 3. The predicted molar refractivity (Wildman–Crippen MR) is 104 cm³/mol. The smallest absolute Gasteiger partial charge is 0.288 e. The molecule has 1 atom stereocenters. The molecule has 0 bridgehead atoms. The molecular weight excluding hydrogens is 370 g/mol. The third-order valence-electron chi connectivity index (χ3n) is 3.97. The summed E-state index contributed by atoms with van der Waals surface area (Å²) in [5.74, 6) is -3.30. The first-order valence-corrected chi connectivity index (χ1v) is 9.38. The molecule has 0 spiro atoms. The molecule has 2 aromatic carbocycles. The van der Waals surface area contributed by atoms with Gasteiger partial charge in [-0.15, -0.1) is 0 Å². The summed E-state index contributed by atoms with van der Waals surface area (Å²) in [7, 11) is 0. The van der Waals surface area contributed by atoms with Crippen LogP contribution in [0.2, 0.25) is 0 Å². The Morgan fingerprint density at radius 2 is 1.63 bits per heavy atom. The Balaban J connectivity index is 2.06. The molecule has 1 unspecified atom stereocenters. The monoisotopic (exact) mass is 392 g/mol. The largest absolute Gasteiger partial charge is 0.340 e. The number of carbonyl (C=O) groups is 2. The van der Waals surface area contributed by atoms with Gasteiger partial charge in [0.05, 0.1) is 0 Å². The van der Waals surface area contributed by atoms with Crippen molar-refractivity contribution in [2.45, 2.75) is 37.5 Å². The van der Waals surface area contributed by atoms with Crippen LogP contribution in [0.3, 0.4) is 0 Å². The highest BCUT2D eigenvalue weighted by Gasteiger charge is 2.25. The summed E-state index contributed by atoms with van der Waals surface area (Å²) in [6.45, 7) is 5.51. The number of nitrogens with one attached hydrogen (secondary N) is 2. The molecule has 4 nitrogen and oxygen atoms in total. The van der Waals surface area contributed by atoms with Gasteiger partial charge in [0.2, 0.25) is 5.91 Å². The molecule has 0 fully saturated rings. The number of benzene rings is 2. The van der Waals surface area contributed by atoms with Crippen LogP contribution in [-0.2, 0) is 4.79 Å². The molecule has 2 aromatic rings. The maximum atomic E-state index is 12.6. The molecule has 7 heteroatoms. The van der Waals surface area contributed by atoms with Crippen molar-refractivity contribution in [3.05, 3.63) is 59.7 Å². The molecule has 0 saturated carbocycles. The van der Waals surface area contributed by atoms with Crippen molar-refractivity contribution in [1.29, 1.82) is 0 Å². The highest BCUT2D eigenvalue weighted by Crippen LogP contribution is 2.26. The van der Waals surface area contributed by atoms with Crippen LogP contribution in [0.1, 0.15) is 29.8 Å². The van der Waals surface area contributed by atoms with Gasteiger partial charge in [-0.1, -0.05) is 43.8 Å². The van der Waals surface area contributed by atoms with Crippen molar-refractivity contribution in [2.24, 2.45) is 5.92 Å². The van der Waals surface area contributed by atoms with E-state index in [9.17, 15) is 18.4 Å². The number of carbonyl (C=O) groups excluding carboxylic acids is 2. The van der Waals surface area contributed by atoms with Gasteiger partial charge < -0.3 is 10.6 Å². The van der Waals surface area contributed by atoms with Gasteiger partial charge in [0.15, 0.2) is 0 Å². The van der Waals surface area contributed by atoms with Crippen LogP contribution in [-0.4, -0.2) is 23.6 Å². The summed E-state index contributed by atoms with van der Waals surface area (Å²) in [5, 5.41) is 5.50. The average Bonchev–Trinajstić information content (AvgIpc) is 2.60. The van der Waals surface area contributed by atoms with Gasteiger partial charge in [-0.25, -0.2) is 0 Å². The zero-order chi connectivity index (χ0) is 20.0. The van der Waals surface area contributed by atoms with E-state index in [1.165, 1.54) is 12.1 Å². The molecule has 0 saturated heterocycles. The quantitative estimate of drug-likeness (QED) is 0.672. The second-order valence-electron chi connectivity index (χ2n) is 6.40. The molecule has 27 heavy (non-hydrogen) atoms. The predicted octanol–water partition coefficient (Wildman–Crippen LogP) is 4.70. The SMILES string of the molecule is Cc1ccccc1C(=O)NC(C(=O)Nc1ccc(SC(F)F)cc1)C(C)C. The Morgan fingerprint density at radius 1 is 1.00 bits per heavy atom. The molecule has 2 rings (SSSR count). The molecule has 0 radical (unpaired) electrons. The summed E-state index contributed by atoms with van der Waals surface area (Å²) in [5.41, 5.74) is 1.82. The second-order valence-corrected chi connectivity index (χ2v) is 7.47. The van der Waals surface area contributed by atoms with E-state index in [1.807, 2.05) is 32.9 Å². The molecule has 0 aromatic heterocycles. The fourth-order valence-corrected chi connectivity index (χ4v) is 3.02. The number of rotatable bonds is 7. The summed E-state index contributed by atoms with van der Waals surface area (Å²) in [6, 6.07) is 12.6. The minimum Gasteiger partial charge on any atom is -0.340 e. The average molecular weight is 392 g/mol. The fraction of sp³-hybridized carbons (Fsp3) is 0.300. The highest BCUT2D eigenvalue weighted by atomic mass is 32.2. The number of aryl methyl sites for hydroxylation is 1. The Labute approximate surface area is 161 Å². The van der Waals surface area contributed by atoms with Crippen molar-refractivity contribution < 1.29 is 18.4 Å². The summed E-state index contributed by atoms with van der Waals surface area (Å²) in [4.78, 5) is 25.6. The van der Waals surface area contributed by atoms with E-state index in [1.54, 1.807) is 24.3 Å². The lowest BCUT2D eigenvalue weighted by Crippen LogP contribution is -2.47. The number of amides is 2. The van der Waals surface area contributed by atoms with Crippen LogP contribution < -0.4 is 10.6 Å². The lowest BCUT2D eigenvalue weighted by atomic mass is 10.0. The normalized spacial score (nSPS) is 12.1. The first-order chi connectivity index (χ1) is 12.8. The Kier molecular flexibility index (Phi) is 7.36. The maximum Gasteiger partial charge on any atom is 0.288 e. The van der Waals surface area contributed by atoms with Gasteiger partial charge in [0.25, 0.3) is 11.7 Å². The highest BCUT2D eigenvalue weighted by molar-refractivity contribution is 7.99. The molecule has 2 N–H and O–H groups in total. The van der Waals surface area contributed by atoms with E-state index in [2.05, 4.69) is 10.6 Å². The molecule has 0 aliphatic carbocycles. The molecule has 0 aliphatic rings. The van der Waals surface area contributed by atoms with Crippen LogP contribution in [0.5, 0.6) is 0 Å². The van der Waals surface area contributed by atoms with Crippen LogP contribution in [0.15, 0.2) is 53.4 Å². The van der Waals surface area contributed by atoms with Crippen molar-refractivity contribution in [1.82, 2.24) is 5.32 Å². The molecule has 144 valence electrons. The summed E-state index contributed by atoms with van der Waals surface area (Å²) in [6.07, 6.45) is 0. The Morgan fingerprint density at radius 3 is 2.19 bits per heavy atom. The summed E-state index contributed by atoms with van der Waals surface area (Å²) >= 11 is 0.442. The first kappa shape index (κ1) is 20.9. The van der Waals surface area contributed by atoms with E-state index < -0.39 is 11.8 Å². The zero-order valence-corrected chi connectivity index (χ0v) is 16.1. The topological polar surface area (TPSA) is 58.2 Å². The number of thioether (sulfide) groups is 1. The molecule has 2 amide bonds. The van der Waals surface area contributed by atoms with Gasteiger partial charge in [-0.3, -0.25) is 9.59 Å². The van der Waals surface area contributed by atoms with Crippen LogP contribution in [0.4, 0.5) is 14.5 Å². The van der Waals surface area contributed by atoms with E-state index in [-0.39, 0.29) is 17.7 Å². The van der Waals surface area contributed by atoms with Gasteiger partial charge in [0.1, 0.15) is 6.04 Å².